The Morgan fingerprint density at radius 3 is 2.93 bits per heavy atom. The standard InChI is InChI=1S/C11H22N2O2/c1-9(2)7-10-8-15-11(14)13(10)6-4-5-12-3/h9-10,12H,4-8H2,1-3H3. The summed E-state index contributed by atoms with van der Waals surface area (Å²) in [6, 6.07) is 0.286. The first-order chi connectivity index (χ1) is 7.15. The highest BCUT2D eigenvalue weighted by atomic mass is 16.6. The first-order valence-corrected chi connectivity index (χ1v) is 5.73. The van der Waals surface area contributed by atoms with E-state index in [1.54, 1.807) is 0 Å². The number of nitrogens with zero attached hydrogens (tertiary/aromatic N) is 1. The molecule has 0 aromatic rings. The van der Waals surface area contributed by atoms with Gasteiger partial charge in [0.05, 0.1) is 6.04 Å². The molecule has 88 valence electrons. The number of carbonyl (C=O) groups is 1. The summed E-state index contributed by atoms with van der Waals surface area (Å²) >= 11 is 0. The van der Waals surface area contributed by atoms with Gasteiger partial charge in [0.25, 0.3) is 0 Å². The first kappa shape index (κ1) is 12.3. The van der Waals surface area contributed by atoms with Crippen LogP contribution in [0.1, 0.15) is 26.7 Å². The fourth-order valence-corrected chi connectivity index (χ4v) is 1.93. The molecule has 0 bridgehead atoms. The molecule has 1 heterocycles. The van der Waals surface area contributed by atoms with Crippen molar-refractivity contribution in [2.75, 3.05) is 26.7 Å². The number of carbonyl (C=O) groups excluding carboxylic acids is 1. The van der Waals surface area contributed by atoms with Gasteiger partial charge in [-0.3, -0.25) is 0 Å². The fourth-order valence-electron chi connectivity index (χ4n) is 1.93. The zero-order chi connectivity index (χ0) is 11.3. The van der Waals surface area contributed by atoms with Crippen molar-refractivity contribution in [2.45, 2.75) is 32.7 Å². The van der Waals surface area contributed by atoms with Gasteiger partial charge in [-0.05, 0) is 32.4 Å². The van der Waals surface area contributed by atoms with Crippen molar-refractivity contribution < 1.29 is 9.53 Å². The van der Waals surface area contributed by atoms with Gasteiger partial charge in [-0.1, -0.05) is 13.8 Å². The van der Waals surface area contributed by atoms with E-state index in [1.807, 2.05) is 11.9 Å². The first-order valence-electron chi connectivity index (χ1n) is 5.73. The molecule has 4 nitrogen and oxygen atoms in total. The third-order valence-electron chi connectivity index (χ3n) is 2.64. The lowest BCUT2D eigenvalue weighted by Crippen LogP contribution is -2.36. The van der Waals surface area contributed by atoms with Crippen LogP contribution in [0.5, 0.6) is 0 Å². The van der Waals surface area contributed by atoms with E-state index in [0.29, 0.717) is 12.5 Å². The summed E-state index contributed by atoms with van der Waals surface area (Å²) in [7, 11) is 1.92. The molecule has 0 aromatic heterocycles. The molecule has 1 fully saturated rings. The van der Waals surface area contributed by atoms with E-state index >= 15 is 0 Å². The van der Waals surface area contributed by atoms with Gasteiger partial charge in [-0.2, -0.15) is 0 Å². The quantitative estimate of drug-likeness (QED) is 0.681. The number of cyclic esters (lactones) is 1. The summed E-state index contributed by atoms with van der Waals surface area (Å²) in [5.41, 5.74) is 0. The Morgan fingerprint density at radius 1 is 1.60 bits per heavy atom. The molecular formula is C11H22N2O2. The highest BCUT2D eigenvalue weighted by Gasteiger charge is 2.32. The van der Waals surface area contributed by atoms with Crippen molar-refractivity contribution >= 4 is 6.09 Å². The SMILES string of the molecule is CNCCCN1C(=O)OCC1CC(C)C. The molecule has 1 unspecified atom stereocenters. The van der Waals surface area contributed by atoms with E-state index < -0.39 is 0 Å². The summed E-state index contributed by atoms with van der Waals surface area (Å²) < 4.78 is 5.08. The van der Waals surface area contributed by atoms with Crippen LogP contribution in [0.3, 0.4) is 0 Å². The number of amides is 1. The maximum absolute atomic E-state index is 11.4. The third-order valence-corrected chi connectivity index (χ3v) is 2.64. The molecule has 4 heteroatoms. The van der Waals surface area contributed by atoms with Crippen LogP contribution in [-0.4, -0.2) is 43.8 Å². The van der Waals surface area contributed by atoms with Gasteiger partial charge in [-0.15, -0.1) is 0 Å². The van der Waals surface area contributed by atoms with Crippen molar-refractivity contribution in [3.05, 3.63) is 0 Å². The van der Waals surface area contributed by atoms with Crippen LogP contribution < -0.4 is 5.32 Å². The molecule has 1 saturated heterocycles. The van der Waals surface area contributed by atoms with Gasteiger partial charge < -0.3 is 15.0 Å². The summed E-state index contributed by atoms with van der Waals surface area (Å²) in [6.45, 7) is 6.66. The second-order valence-corrected chi connectivity index (χ2v) is 4.51. The zero-order valence-electron chi connectivity index (χ0n) is 9.95. The van der Waals surface area contributed by atoms with Crippen LogP contribution in [0.15, 0.2) is 0 Å². The normalized spacial score (nSPS) is 21.2. The minimum atomic E-state index is -0.142. The molecule has 1 amide bonds. The molecule has 1 N–H and O–H groups in total. The average molecular weight is 214 g/mol. The molecule has 0 saturated carbocycles. The van der Waals surface area contributed by atoms with Crippen LogP contribution in [0, 0.1) is 5.92 Å². The van der Waals surface area contributed by atoms with E-state index in [0.717, 1.165) is 25.9 Å². The van der Waals surface area contributed by atoms with E-state index in [1.165, 1.54) is 0 Å². The van der Waals surface area contributed by atoms with Crippen molar-refractivity contribution in [3.63, 3.8) is 0 Å². The van der Waals surface area contributed by atoms with Crippen molar-refractivity contribution in [1.29, 1.82) is 0 Å². The van der Waals surface area contributed by atoms with E-state index in [4.69, 9.17) is 4.74 Å². The van der Waals surface area contributed by atoms with Gasteiger partial charge in [-0.25, -0.2) is 4.79 Å². The van der Waals surface area contributed by atoms with E-state index in [2.05, 4.69) is 19.2 Å². The molecule has 15 heavy (non-hydrogen) atoms. The molecule has 0 aromatic carbocycles. The topological polar surface area (TPSA) is 41.6 Å². The van der Waals surface area contributed by atoms with E-state index in [9.17, 15) is 4.79 Å². The largest absolute Gasteiger partial charge is 0.447 e. The smallest absolute Gasteiger partial charge is 0.410 e. The van der Waals surface area contributed by atoms with E-state index in [-0.39, 0.29) is 12.1 Å². The Morgan fingerprint density at radius 2 is 2.33 bits per heavy atom. The maximum Gasteiger partial charge on any atom is 0.410 e. The lowest BCUT2D eigenvalue weighted by Gasteiger charge is -2.22. The van der Waals surface area contributed by atoms with Gasteiger partial charge in [0.2, 0.25) is 0 Å². The minimum Gasteiger partial charge on any atom is -0.447 e. The van der Waals surface area contributed by atoms with Crippen LogP contribution >= 0.6 is 0 Å². The molecule has 0 radical (unpaired) electrons. The fraction of sp³-hybridized carbons (Fsp3) is 0.909. The molecular weight excluding hydrogens is 192 g/mol. The molecule has 0 spiro atoms. The van der Waals surface area contributed by atoms with Crippen LogP contribution in [0.25, 0.3) is 0 Å². The molecule has 1 atom stereocenters. The van der Waals surface area contributed by atoms with Crippen LogP contribution in [0.4, 0.5) is 4.79 Å². The number of hydrogen-bond donors (Lipinski definition) is 1. The summed E-state index contributed by atoms with van der Waals surface area (Å²) in [4.78, 5) is 13.3. The summed E-state index contributed by atoms with van der Waals surface area (Å²) in [6.07, 6.45) is 1.88. The van der Waals surface area contributed by atoms with Crippen molar-refractivity contribution in [2.24, 2.45) is 5.92 Å². The molecule has 1 rings (SSSR count). The van der Waals surface area contributed by atoms with Gasteiger partial charge in [0, 0.05) is 6.54 Å². The summed E-state index contributed by atoms with van der Waals surface area (Å²) in [5.74, 6) is 0.608. The molecule has 0 aliphatic carbocycles. The Balaban J connectivity index is 2.38. The second kappa shape index (κ2) is 5.95. The Bertz CT molecular complexity index is 207. The number of ether oxygens (including phenoxy) is 1. The number of nitrogens with one attached hydrogen (secondary N) is 1. The monoisotopic (exact) mass is 214 g/mol. The Labute approximate surface area is 92.0 Å². The van der Waals surface area contributed by atoms with Crippen molar-refractivity contribution in [3.8, 4) is 0 Å². The minimum absolute atomic E-state index is 0.142. The number of hydrogen-bond acceptors (Lipinski definition) is 3. The molecule has 1 aliphatic rings. The van der Waals surface area contributed by atoms with Crippen molar-refractivity contribution in [1.82, 2.24) is 10.2 Å². The van der Waals surface area contributed by atoms with Gasteiger partial charge in [0.15, 0.2) is 0 Å². The lowest BCUT2D eigenvalue weighted by atomic mass is 10.0. The van der Waals surface area contributed by atoms with Gasteiger partial charge >= 0.3 is 6.09 Å². The summed E-state index contributed by atoms with van der Waals surface area (Å²) in [5, 5.41) is 3.08. The van der Waals surface area contributed by atoms with Crippen LogP contribution in [0.2, 0.25) is 0 Å². The zero-order valence-corrected chi connectivity index (χ0v) is 9.95. The average Bonchev–Trinajstić information content (AvgIpc) is 2.49. The predicted molar refractivity (Wildman–Crippen MR) is 59.8 cm³/mol. The number of rotatable bonds is 6. The van der Waals surface area contributed by atoms with Gasteiger partial charge in [0.1, 0.15) is 6.61 Å². The van der Waals surface area contributed by atoms with Crippen LogP contribution in [-0.2, 0) is 4.74 Å². The Kier molecular flexibility index (Phi) is 4.88. The molecule has 1 aliphatic heterocycles. The Hall–Kier alpha value is -0.770. The lowest BCUT2D eigenvalue weighted by molar-refractivity contribution is 0.157. The highest BCUT2D eigenvalue weighted by Crippen LogP contribution is 2.19. The maximum atomic E-state index is 11.4. The second-order valence-electron chi connectivity index (χ2n) is 4.51. The third kappa shape index (κ3) is 3.70. The predicted octanol–water partition coefficient (Wildman–Crippen LogP) is 1.46. The highest BCUT2D eigenvalue weighted by molar-refractivity contribution is 5.70.